The maximum atomic E-state index is 4.23. The Morgan fingerprint density at radius 2 is 2.20 bits per heavy atom. The molecule has 0 atom stereocenters. The predicted octanol–water partition coefficient (Wildman–Crippen LogP) is 1.91. The molecule has 1 N–H and O–H groups in total. The van der Waals surface area contributed by atoms with Crippen molar-refractivity contribution in [3.63, 3.8) is 0 Å². The van der Waals surface area contributed by atoms with E-state index in [1.165, 1.54) is 0 Å². The molecule has 0 saturated heterocycles. The van der Waals surface area contributed by atoms with Gasteiger partial charge < -0.3 is 9.88 Å². The number of hydrogen-bond donors (Lipinski definition) is 1. The van der Waals surface area contributed by atoms with Gasteiger partial charge >= 0.3 is 0 Å². The zero-order chi connectivity index (χ0) is 10.5. The standard InChI is InChI=1S/C11H14N4/c1-2-15-8-7-13-11(15)14-9-10-5-3-4-6-12-10/h3-8H,2,9H2,1H3,(H,13,14). The summed E-state index contributed by atoms with van der Waals surface area (Å²) in [6, 6.07) is 5.89. The molecule has 0 aliphatic heterocycles. The summed E-state index contributed by atoms with van der Waals surface area (Å²) < 4.78 is 2.06. The van der Waals surface area contributed by atoms with Crippen molar-refractivity contribution in [2.75, 3.05) is 5.32 Å². The summed E-state index contributed by atoms with van der Waals surface area (Å²) >= 11 is 0. The maximum absolute atomic E-state index is 4.23. The first kappa shape index (κ1) is 9.71. The first-order valence-electron chi connectivity index (χ1n) is 5.05. The van der Waals surface area contributed by atoms with E-state index in [4.69, 9.17) is 0 Å². The number of pyridine rings is 1. The van der Waals surface area contributed by atoms with Crippen molar-refractivity contribution in [3.05, 3.63) is 42.5 Å². The third kappa shape index (κ3) is 2.34. The minimum atomic E-state index is 0.706. The van der Waals surface area contributed by atoms with Gasteiger partial charge in [0.1, 0.15) is 0 Å². The van der Waals surface area contributed by atoms with Crippen LogP contribution < -0.4 is 5.32 Å². The molecule has 0 unspecified atom stereocenters. The van der Waals surface area contributed by atoms with Gasteiger partial charge in [0, 0.05) is 25.1 Å². The number of imidazole rings is 1. The Morgan fingerprint density at radius 1 is 1.27 bits per heavy atom. The smallest absolute Gasteiger partial charge is 0.203 e. The molecule has 0 saturated carbocycles. The van der Waals surface area contributed by atoms with Crippen LogP contribution in [0.15, 0.2) is 36.8 Å². The van der Waals surface area contributed by atoms with Gasteiger partial charge in [-0.25, -0.2) is 4.98 Å². The van der Waals surface area contributed by atoms with E-state index in [1.807, 2.05) is 24.4 Å². The Balaban J connectivity index is 1.99. The molecular weight excluding hydrogens is 188 g/mol. The highest BCUT2D eigenvalue weighted by Crippen LogP contribution is 2.05. The van der Waals surface area contributed by atoms with Crippen molar-refractivity contribution in [1.29, 1.82) is 0 Å². The van der Waals surface area contributed by atoms with E-state index < -0.39 is 0 Å². The number of aryl methyl sites for hydroxylation is 1. The average Bonchev–Trinajstić information content (AvgIpc) is 2.75. The van der Waals surface area contributed by atoms with Gasteiger partial charge in [-0.2, -0.15) is 0 Å². The molecule has 78 valence electrons. The van der Waals surface area contributed by atoms with Crippen LogP contribution in [0.4, 0.5) is 5.95 Å². The van der Waals surface area contributed by atoms with Crippen LogP contribution in [0.5, 0.6) is 0 Å². The van der Waals surface area contributed by atoms with Crippen LogP contribution in [-0.4, -0.2) is 14.5 Å². The molecular formula is C11H14N4. The molecule has 0 aliphatic carbocycles. The molecule has 0 amide bonds. The fraction of sp³-hybridized carbons (Fsp3) is 0.273. The topological polar surface area (TPSA) is 42.7 Å². The molecule has 2 rings (SSSR count). The lowest BCUT2D eigenvalue weighted by atomic mass is 10.3. The zero-order valence-electron chi connectivity index (χ0n) is 8.72. The van der Waals surface area contributed by atoms with Crippen LogP contribution >= 0.6 is 0 Å². The van der Waals surface area contributed by atoms with Gasteiger partial charge in [-0.05, 0) is 19.1 Å². The number of anilines is 1. The Labute approximate surface area is 89.0 Å². The van der Waals surface area contributed by atoms with Crippen LogP contribution in [0.2, 0.25) is 0 Å². The highest BCUT2D eigenvalue weighted by atomic mass is 15.2. The van der Waals surface area contributed by atoms with Crippen LogP contribution in [0.25, 0.3) is 0 Å². The van der Waals surface area contributed by atoms with Crippen LogP contribution in [-0.2, 0) is 13.1 Å². The van der Waals surface area contributed by atoms with Gasteiger partial charge in [-0.3, -0.25) is 4.98 Å². The molecule has 0 spiro atoms. The fourth-order valence-electron chi connectivity index (χ4n) is 1.40. The summed E-state index contributed by atoms with van der Waals surface area (Å²) in [7, 11) is 0. The monoisotopic (exact) mass is 202 g/mol. The summed E-state index contributed by atoms with van der Waals surface area (Å²) in [5.74, 6) is 0.892. The van der Waals surface area contributed by atoms with E-state index in [2.05, 4.69) is 26.8 Å². The van der Waals surface area contributed by atoms with E-state index in [0.29, 0.717) is 6.54 Å². The summed E-state index contributed by atoms with van der Waals surface area (Å²) in [4.78, 5) is 8.46. The van der Waals surface area contributed by atoms with Crippen molar-refractivity contribution in [2.45, 2.75) is 20.0 Å². The summed E-state index contributed by atoms with van der Waals surface area (Å²) in [6.07, 6.45) is 5.55. The Kier molecular flexibility index (Phi) is 2.97. The van der Waals surface area contributed by atoms with Gasteiger partial charge in [0.2, 0.25) is 5.95 Å². The van der Waals surface area contributed by atoms with E-state index in [-0.39, 0.29) is 0 Å². The molecule has 0 fully saturated rings. The number of rotatable bonds is 4. The Bertz CT molecular complexity index is 408. The van der Waals surface area contributed by atoms with Gasteiger partial charge in [-0.15, -0.1) is 0 Å². The minimum absolute atomic E-state index is 0.706. The third-order valence-electron chi connectivity index (χ3n) is 2.21. The minimum Gasteiger partial charge on any atom is -0.350 e. The quantitative estimate of drug-likeness (QED) is 0.823. The van der Waals surface area contributed by atoms with Crippen molar-refractivity contribution >= 4 is 5.95 Å². The average molecular weight is 202 g/mol. The van der Waals surface area contributed by atoms with E-state index >= 15 is 0 Å². The van der Waals surface area contributed by atoms with Crippen molar-refractivity contribution in [3.8, 4) is 0 Å². The normalized spacial score (nSPS) is 10.2. The fourth-order valence-corrected chi connectivity index (χ4v) is 1.40. The lowest BCUT2D eigenvalue weighted by Gasteiger charge is -2.06. The third-order valence-corrected chi connectivity index (χ3v) is 2.21. The number of aromatic nitrogens is 3. The van der Waals surface area contributed by atoms with E-state index in [0.717, 1.165) is 18.2 Å². The van der Waals surface area contributed by atoms with Crippen molar-refractivity contribution < 1.29 is 0 Å². The molecule has 2 heterocycles. The highest BCUT2D eigenvalue weighted by Gasteiger charge is 1.99. The molecule has 15 heavy (non-hydrogen) atoms. The molecule has 0 radical (unpaired) electrons. The second-order valence-corrected chi connectivity index (χ2v) is 3.21. The van der Waals surface area contributed by atoms with Gasteiger partial charge in [0.25, 0.3) is 0 Å². The number of nitrogens with one attached hydrogen (secondary N) is 1. The predicted molar refractivity (Wildman–Crippen MR) is 59.5 cm³/mol. The van der Waals surface area contributed by atoms with Crippen LogP contribution in [0, 0.1) is 0 Å². The highest BCUT2D eigenvalue weighted by molar-refractivity contribution is 5.26. The summed E-state index contributed by atoms with van der Waals surface area (Å²) in [5.41, 5.74) is 1.02. The van der Waals surface area contributed by atoms with E-state index in [9.17, 15) is 0 Å². The molecule has 2 aromatic rings. The lowest BCUT2D eigenvalue weighted by Crippen LogP contribution is -2.07. The van der Waals surface area contributed by atoms with Crippen LogP contribution in [0.3, 0.4) is 0 Å². The largest absolute Gasteiger partial charge is 0.350 e. The molecule has 4 nitrogen and oxygen atoms in total. The number of nitrogens with zero attached hydrogens (tertiary/aromatic N) is 3. The first-order chi connectivity index (χ1) is 7.40. The second-order valence-electron chi connectivity index (χ2n) is 3.21. The number of hydrogen-bond acceptors (Lipinski definition) is 3. The molecule has 4 heteroatoms. The molecule has 0 aliphatic rings. The van der Waals surface area contributed by atoms with Gasteiger partial charge in [0.15, 0.2) is 0 Å². The summed E-state index contributed by atoms with van der Waals surface area (Å²) in [6.45, 7) is 3.72. The summed E-state index contributed by atoms with van der Waals surface area (Å²) in [5, 5.41) is 3.25. The Morgan fingerprint density at radius 3 is 2.93 bits per heavy atom. The van der Waals surface area contributed by atoms with Gasteiger partial charge in [0.05, 0.1) is 12.2 Å². The molecule has 0 aromatic carbocycles. The Hall–Kier alpha value is -1.84. The van der Waals surface area contributed by atoms with Crippen LogP contribution in [0.1, 0.15) is 12.6 Å². The molecule has 0 bridgehead atoms. The first-order valence-corrected chi connectivity index (χ1v) is 5.05. The van der Waals surface area contributed by atoms with Crippen molar-refractivity contribution in [2.24, 2.45) is 0 Å². The lowest BCUT2D eigenvalue weighted by molar-refractivity contribution is 0.762. The van der Waals surface area contributed by atoms with Crippen molar-refractivity contribution in [1.82, 2.24) is 14.5 Å². The van der Waals surface area contributed by atoms with Gasteiger partial charge in [-0.1, -0.05) is 6.07 Å². The zero-order valence-corrected chi connectivity index (χ0v) is 8.72. The molecule has 2 aromatic heterocycles. The maximum Gasteiger partial charge on any atom is 0.203 e. The SMILES string of the molecule is CCn1ccnc1NCc1ccccn1. The second kappa shape index (κ2) is 4.59. The van der Waals surface area contributed by atoms with E-state index in [1.54, 1.807) is 12.4 Å².